The van der Waals surface area contributed by atoms with Gasteiger partial charge in [-0.15, -0.1) is 0 Å². The molecule has 0 radical (unpaired) electrons. The van der Waals surface area contributed by atoms with Crippen LogP contribution in [0.2, 0.25) is 0 Å². The van der Waals surface area contributed by atoms with Gasteiger partial charge < -0.3 is 9.64 Å². The van der Waals surface area contributed by atoms with Gasteiger partial charge in [-0.3, -0.25) is 4.79 Å². The summed E-state index contributed by atoms with van der Waals surface area (Å²) < 4.78 is 6.15. The number of esters is 1. The highest BCUT2D eigenvalue weighted by Gasteiger charge is 2.56. The Bertz CT molecular complexity index is 605. The van der Waals surface area contributed by atoms with Gasteiger partial charge in [0.25, 0.3) is 0 Å². The summed E-state index contributed by atoms with van der Waals surface area (Å²) in [6.07, 6.45) is 3.55. The lowest BCUT2D eigenvalue weighted by Crippen LogP contribution is -2.63. The smallest absolute Gasteiger partial charge is 0.310 e. The Morgan fingerprint density at radius 3 is 2.91 bits per heavy atom. The Balaban J connectivity index is 1.75. The first kappa shape index (κ1) is 17.3. The molecule has 1 aromatic rings. The third-order valence-corrected chi connectivity index (χ3v) is 7.24. The first-order valence-corrected chi connectivity index (χ1v) is 9.99. The number of carbonyl (C=O) groups excluding carboxylic acids is 1. The molecule has 3 heterocycles. The highest BCUT2D eigenvalue weighted by molar-refractivity contribution is 14.1. The topological polar surface area (TPSA) is 55.3 Å². The van der Waals surface area contributed by atoms with Crippen LogP contribution in [0.5, 0.6) is 0 Å². The lowest BCUT2D eigenvalue weighted by molar-refractivity contribution is -0.146. The van der Waals surface area contributed by atoms with Crippen molar-refractivity contribution in [3.8, 4) is 0 Å². The summed E-state index contributed by atoms with van der Waals surface area (Å²) in [5.41, 5.74) is 1.12. The van der Waals surface area contributed by atoms with Gasteiger partial charge in [0.05, 0.1) is 27.0 Å². The van der Waals surface area contributed by atoms with Crippen molar-refractivity contribution in [1.82, 2.24) is 9.97 Å². The molecule has 1 atom stereocenters. The van der Waals surface area contributed by atoms with Crippen LogP contribution in [-0.2, 0) is 16.0 Å². The highest BCUT2D eigenvalue weighted by atomic mass is 127. The van der Waals surface area contributed by atoms with Crippen molar-refractivity contribution in [3.05, 3.63) is 15.6 Å². The van der Waals surface area contributed by atoms with E-state index in [1.807, 2.05) is 11.8 Å². The summed E-state index contributed by atoms with van der Waals surface area (Å²) in [7, 11) is 1.49. The second-order valence-electron chi connectivity index (χ2n) is 6.69. The van der Waals surface area contributed by atoms with Crippen LogP contribution in [0.4, 0.5) is 5.82 Å². The molecule has 0 aromatic carbocycles. The first-order chi connectivity index (χ1) is 11.0. The van der Waals surface area contributed by atoms with Gasteiger partial charge in [-0.25, -0.2) is 9.97 Å². The molecule has 2 aliphatic heterocycles. The third-order valence-electron chi connectivity index (χ3n) is 4.58. The fraction of sp³-hybridized carbons (Fsp3) is 0.688. The highest BCUT2D eigenvalue weighted by Crippen LogP contribution is 2.50. The fourth-order valence-electron chi connectivity index (χ4n) is 3.42. The monoisotopic (exact) mass is 447 g/mol. The fourth-order valence-corrected chi connectivity index (χ4v) is 5.93. The summed E-state index contributed by atoms with van der Waals surface area (Å²) in [5.74, 6) is 2.57. The number of hydrogen-bond donors (Lipinski definition) is 0. The summed E-state index contributed by atoms with van der Waals surface area (Å²) in [6, 6.07) is 0. The standard InChI is InChI=1S/C16H22IN3O2S/c1-10(2)6-12-13(17)14(19-9-18-12)20-7-16(8-20)11(4-5-23-16)15(21)22-3/h9-11H,4-8H2,1-3H3. The molecule has 2 saturated heterocycles. The predicted molar refractivity (Wildman–Crippen MR) is 101 cm³/mol. The Labute approximate surface area is 155 Å². The van der Waals surface area contributed by atoms with E-state index in [9.17, 15) is 4.79 Å². The number of ether oxygens (including phenoxy) is 1. The van der Waals surface area contributed by atoms with E-state index in [-0.39, 0.29) is 16.6 Å². The van der Waals surface area contributed by atoms with E-state index in [1.165, 1.54) is 7.11 Å². The minimum atomic E-state index is -0.0625. The molecule has 1 aromatic heterocycles. The largest absolute Gasteiger partial charge is 0.469 e. The van der Waals surface area contributed by atoms with E-state index >= 15 is 0 Å². The Hall–Kier alpha value is -0.570. The Kier molecular flexibility index (Phi) is 5.06. The number of methoxy groups -OCH3 is 1. The number of hydrogen-bond acceptors (Lipinski definition) is 6. The maximum atomic E-state index is 12.0. The maximum Gasteiger partial charge on any atom is 0.310 e. The van der Waals surface area contributed by atoms with Gasteiger partial charge >= 0.3 is 5.97 Å². The number of nitrogens with zero attached hydrogens (tertiary/aromatic N) is 3. The lowest BCUT2D eigenvalue weighted by Gasteiger charge is -2.50. The van der Waals surface area contributed by atoms with Crippen LogP contribution in [0, 0.1) is 15.4 Å². The second-order valence-corrected chi connectivity index (χ2v) is 9.28. The third kappa shape index (κ3) is 3.18. The Morgan fingerprint density at radius 2 is 2.26 bits per heavy atom. The van der Waals surface area contributed by atoms with Crippen LogP contribution in [0.15, 0.2) is 6.33 Å². The normalized spacial score (nSPS) is 22.5. The minimum absolute atomic E-state index is 0.0132. The summed E-state index contributed by atoms with van der Waals surface area (Å²) in [5, 5.41) is 0. The lowest BCUT2D eigenvalue weighted by atomic mass is 9.83. The van der Waals surface area contributed by atoms with E-state index < -0.39 is 0 Å². The molecule has 7 heteroatoms. The molecule has 0 bridgehead atoms. The van der Waals surface area contributed by atoms with Crippen molar-refractivity contribution in [1.29, 1.82) is 0 Å². The zero-order valence-electron chi connectivity index (χ0n) is 13.7. The van der Waals surface area contributed by atoms with E-state index in [2.05, 4.69) is 51.3 Å². The van der Waals surface area contributed by atoms with Crippen LogP contribution in [0.25, 0.3) is 0 Å². The number of carbonyl (C=O) groups is 1. The summed E-state index contributed by atoms with van der Waals surface area (Å²) in [4.78, 5) is 23.2. The number of aromatic nitrogens is 2. The van der Waals surface area contributed by atoms with Crippen LogP contribution in [0.1, 0.15) is 26.0 Å². The number of rotatable bonds is 4. The van der Waals surface area contributed by atoms with E-state index in [0.29, 0.717) is 5.92 Å². The zero-order valence-corrected chi connectivity index (χ0v) is 16.7. The molecule has 5 nitrogen and oxygen atoms in total. The molecule has 126 valence electrons. The molecular weight excluding hydrogens is 425 g/mol. The van der Waals surface area contributed by atoms with Gasteiger partial charge in [-0.2, -0.15) is 11.8 Å². The molecule has 1 unspecified atom stereocenters. The molecule has 0 saturated carbocycles. The van der Waals surface area contributed by atoms with Crippen molar-refractivity contribution in [3.63, 3.8) is 0 Å². The van der Waals surface area contributed by atoms with Gasteiger partial charge in [-0.05, 0) is 47.1 Å². The van der Waals surface area contributed by atoms with Gasteiger partial charge in [0.1, 0.15) is 12.1 Å². The van der Waals surface area contributed by atoms with E-state index in [1.54, 1.807) is 6.33 Å². The quantitative estimate of drug-likeness (QED) is 0.523. The first-order valence-electron chi connectivity index (χ1n) is 7.93. The van der Waals surface area contributed by atoms with Crippen molar-refractivity contribution >= 4 is 46.1 Å². The Morgan fingerprint density at radius 1 is 1.52 bits per heavy atom. The van der Waals surface area contributed by atoms with Crippen molar-refractivity contribution in [2.24, 2.45) is 11.8 Å². The molecule has 0 aliphatic carbocycles. The second kappa shape index (κ2) is 6.74. The van der Waals surface area contributed by atoms with Gasteiger partial charge in [0.15, 0.2) is 0 Å². The van der Waals surface area contributed by atoms with Gasteiger partial charge in [0, 0.05) is 13.1 Å². The molecular formula is C16H22IN3O2S. The molecule has 2 fully saturated rings. The van der Waals surface area contributed by atoms with Crippen molar-refractivity contribution in [2.75, 3.05) is 30.9 Å². The van der Waals surface area contributed by atoms with Crippen LogP contribution in [-0.4, -0.2) is 46.6 Å². The molecule has 23 heavy (non-hydrogen) atoms. The van der Waals surface area contributed by atoms with Crippen LogP contribution >= 0.6 is 34.4 Å². The van der Waals surface area contributed by atoms with Crippen molar-refractivity contribution < 1.29 is 9.53 Å². The van der Waals surface area contributed by atoms with Crippen LogP contribution < -0.4 is 4.90 Å². The summed E-state index contributed by atoms with van der Waals surface area (Å²) in [6.45, 7) is 6.14. The maximum absolute atomic E-state index is 12.0. The average molecular weight is 447 g/mol. The average Bonchev–Trinajstić information content (AvgIpc) is 2.92. The minimum Gasteiger partial charge on any atom is -0.469 e. The molecule has 3 rings (SSSR count). The van der Waals surface area contributed by atoms with Crippen LogP contribution in [0.3, 0.4) is 0 Å². The van der Waals surface area contributed by atoms with E-state index in [4.69, 9.17) is 4.74 Å². The van der Waals surface area contributed by atoms with Gasteiger partial charge in [-0.1, -0.05) is 13.8 Å². The zero-order chi connectivity index (χ0) is 16.6. The molecule has 1 spiro atoms. The molecule has 2 aliphatic rings. The predicted octanol–water partition coefficient (Wildman–Crippen LogP) is 2.76. The SMILES string of the molecule is COC(=O)C1CCSC12CN(c1ncnc(CC(C)C)c1I)C2. The number of anilines is 1. The van der Waals surface area contributed by atoms with Crippen molar-refractivity contribution in [2.45, 2.75) is 31.4 Å². The number of halogens is 1. The summed E-state index contributed by atoms with van der Waals surface area (Å²) >= 11 is 4.27. The van der Waals surface area contributed by atoms with Gasteiger partial charge in [0.2, 0.25) is 0 Å². The molecule has 0 N–H and O–H groups in total. The number of thioether (sulfide) groups is 1. The van der Waals surface area contributed by atoms with E-state index in [0.717, 1.165) is 46.8 Å². The molecule has 0 amide bonds.